The number of rotatable bonds is 8. The zero-order valence-corrected chi connectivity index (χ0v) is 50.5. The number of phenolic OH excluding ortho intramolecular Hbond substituents is 2. The topological polar surface area (TPSA) is 235 Å². The number of carbonyl (C=O) groups excluding carboxylic acids is 6. The van der Waals surface area contributed by atoms with Crippen molar-refractivity contribution in [3.8, 4) is 45.3 Å². The predicted octanol–water partition coefficient (Wildman–Crippen LogP) is 12.8. The van der Waals surface area contributed by atoms with E-state index in [-0.39, 0.29) is 85.2 Å². The molecular weight excluding hydrogens is 1140 g/mol. The summed E-state index contributed by atoms with van der Waals surface area (Å²) in [6.45, 7) is 6.85. The van der Waals surface area contributed by atoms with Crippen LogP contribution in [0, 0.1) is 0 Å². The molecule has 464 valence electrons. The van der Waals surface area contributed by atoms with E-state index in [1.165, 1.54) is 44.6 Å². The molecule has 5 aliphatic rings. The molecule has 0 radical (unpaired) electrons. The van der Waals surface area contributed by atoms with Gasteiger partial charge in [0.05, 0.1) is 20.3 Å². The van der Waals surface area contributed by atoms with Crippen LogP contribution in [0.3, 0.4) is 0 Å². The Kier molecular flexibility index (Phi) is 19.6. The number of aromatic hydroxyl groups is 2. The van der Waals surface area contributed by atoms with Crippen molar-refractivity contribution in [2.45, 2.75) is 133 Å². The molecule has 0 amide bonds. The number of fused-ring (bicyclic) bond motifs is 9. The number of cyclic esters (lactones) is 2. The summed E-state index contributed by atoms with van der Waals surface area (Å²) >= 11 is 0. The Bertz CT molecular complexity index is 3600. The fourth-order valence-corrected chi connectivity index (χ4v) is 12.3. The molecule has 0 spiro atoms. The molecule has 0 saturated carbocycles. The second-order valence-corrected chi connectivity index (χ2v) is 23.0. The lowest BCUT2D eigenvalue weighted by molar-refractivity contribution is -0.153. The SMILES string of the molecule is COc1cc(O)c2c(c1)CCCC(OC(=O)OCC1c3ccccc3-c3ccccc31)C(OC(=O)OCC1c3ccccc3-c3ccccc31)C(=O)/C=C\CC(C)OC2=O.COc1cc(O)c2c(c1)CCCC1OC(C)(C)OC1C(=O)/C=C\CC(C)OC2=O. The normalized spacial score (nSPS) is 22.3. The van der Waals surface area contributed by atoms with Gasteiger partial charge in [-0.15, -0.1) is 0 Å². The fraction of sp³-hybridized carbons (Fsp3) is 0.352. The Balaban J connectivity index is 0.000000252. The molecule has 1 fully saturated rings. The minimum Gasteiger partial charge on any atom is -0.507 e. The number of aryl methyl sites for hydroxylation is 2. The lowest BCUT2D eigenvalue weighted by atomic mass is 9.96. The van der Waals surface area contributed by atoms with Gasteiger partial charge < -0.3 is 57.6 Å². The standard InChI is InChI=1S/C49H44O11.C22H28O7/c1-29-13-11-23-42(50)46(60-49(54)57-28-41-38-21-9-5-17-34(38)35-18-6-10-22-39(35)41)44(24-12-14-30-25-31(55-2)26-43(51)45(30)47(52)58-29)59-48(53)56-27-40-36-19-7-3-15-32(36)33-16-4-8-20-37(33)40;1-13-7-5-9-16(23)20-18(28-22(2,3)29-20)10-6-8-14-11-15(26-4)12-17(24)19(14)21(25)27-13/h3-11,15-23,25-26,29,40-41,44,46,51H,12-14,24,27-28H2,1-2H3;5,9,11-13,18,20,24H,6-8,10H2,1-4H3/b23-11-;9-5-. The third-order valence-electron chi connectivity index (χ3n) is 16.4. The third kappa shape index (κ3) is 14.5. The van der Waals surface area contributed by atoms with E-state index in [2.05, 4.69) is 0 Å². The van der Waals surface area contributed by atoms with Crippen LogP contribution >= 0.6 is 0 Å². The Morgan fingerprint density at radius 2 is 0.966 bits per heavy atom. The van der Waals surface area contributed by atoms with Crippen molar-refractivity contribution < 1.29 is 86.3 Å². The highest BCUT2D eigenvalue weighted by Gasteiger charge is 2.44. The van der Waals surface area contributed by atoms with Gasteiger partial charge in [0.2, 0.25) is 6.10 Å². The molecule has 6 atom stereocenters. The van der Waals surface area contributed by atoms with Gasteiger partial charge in [0, 0.05) is 36.8 Å². The van der Waals surface area contributed by atoms with E-state index < -0.39 is 66.3 Å². The number of methoxy groups -OCH3 is 2. The number of benzene rings is 6. The fourth-order valence-electron chi connectivity index (χ4n) is 12.3. The molecule has 89 heavy (non-hydrogen) atoms. The molecule has 2 N–H and O–H groups in total. The van der Waals surface area contributed by atoms with E-state index in [0.717, 1.165) is 44.5 Å². The van der Waals surface area contributed by atoms with Crippen LogP contribution in [0.1, 0.15) is 132 Å². The predicted molar refractivity (Wildman–Crippen MR) is 326 cm³/mol. The molecule has 18 nitrogen and oxygen atoms in total. The van der Waals surface area contributed by atoms with Crippen molar-refractivity contribution in [3.63, 3.8) is 0 Å². The van der Waals surface area contributed by atoms with E-state index in [0.29, 0.717) is 48.3 Å². The Hall–Kier alpha value is -9.26. The van der Waals surface area contributed by atoms with Gasteiger partial charge in [-0.3, -0.25) is 9.59 Å². The minimum atomic E-state index is -1.63. The van der Waals surface area contributed by atoms with Crippen molar-refractivity contribution in [2.24, 2.45) is 0 Å². The summed E-state index contributed by atoms with van der Waals surface area (Å²) in [6.07, 6.45) is 0.984. The van der Waals surface area contributed by atoms with E-state index in [1.807, 2.05) is 97.1 Å². The van der Waals surface area contributed by atoms with Crippen LogP contribution in [-0.4, -0.2) is 116 Å². The number of carbonyl (C=O) groups is 6. The second-order valence-electron chi connectivity index (χ2n) is 23.0. The molecule has 2 aliphatic carbocycles. The van der Waals surface area contributed by atoms with Crippen molar-refractivity contribution in [3.05, 3.63) is 190 Å². The highest BCUT2D eigenvalue weighted by atomic mass is 16.8. The zero-order chi connectivity index (χ0) is 62.9. The zero-order valence-electron chi connectivity index (χ0n) is 50.5. The van der Waals surface area contributed by atoms with Crippen LogP contribution in [0.25, 0.3) is 22.3 Å². The molecule has 6 unspecified atom stereocenters. The minimum absolute atomic E-state index is 0.0199. The largest absolute Gasteiger partial charge is 0.509 e. The number of hydrogen-bond donors (Lipinski definition) is 2. The molecule has 3 heterocycles. The van der Waals surface area contributed by atoms with Gasteiger partial charge in [-0.05, 0) is 146 Å². The van der Waals surface area contributed by atoms with Crippen LogP contribution in [0.4, 0.5) is 9.59 Å². The van der Waals surface area contributed by atoms with Gasteiger partial charge in [0.25, 0.3) is 0 Å². The van der Waals surface area contributed by atoms with E-state index in [1.54, 1.807) is 45.9 Å². The number of hydrogen-bond acceptors (Lipinski definition) is 18. The summed E-state index contributed by atoms with van der Waals surface area (Å²) in [5, 5.41) is 21.3. The van der Waals surface area contributed by atoms with Crippen molar-refractivity contribution in [1.29, 1.82) is 0 Å². The maximum atomic E-state index is 14.0. The Morgan fingerprint density at radius 3 is 1.42 bits per heavy atom. The van der Waals surface area contributed by atoms with Gasteiger partial charge in [-0.2, -0.15) is 0 Å². The average Bonchev–Trinajstić information content (AvgIpc) is 2.32. The average molecular weight is 1210 g/mol. The van der Waals surface area contributed by atoms with Crippen LogP contribution in [-0.2, 0) is 60.3 Å². The molecule has 6 aromatic carbocycles. The smallest absolute Gasteiger partial charge is 0.507 e. The van der Waals surface area contributed by atoms with Gasteiger partial charge in [0.15, 0.2) is 17.4 Å². The molecule has 1 saturated heterocycles. The van der Waals surface area contributed by atoms with Crippen LogP contribution < -0.4 is 9.47 Å². The highest BCUT2D eigenvalue weighted by Crippen LogP contribution is 2.46. The van der Waals surface area contributed by atoms with Crippen molar-refractivity contribution in [1.82, 2.24) is 0 Å². The molecule has 6 aromatic rings. The molecule has 0 aromatic heterocycles. The lowest BCUT2D eigenvalue weighted by Crippen LogP contribution is -2.41. The molecule has 11 rings (SSSR count). The maximum absolute atomic E-state index is 14.0. The number of ketones is 2. The summed E-state index contributed by atoms with van der Waals surface area (Å²) in [5.74, 6) is -3.24. The van der Waals surface area contributed by atoms with E-state index in [9.17, 15) is 39.0 Å². The number of phenols is 2. The molecular formula is C71H72O18. The molecule has 18 heteroatoms. The van der Waals surface area contributed by atoms with Gasteiger partial charge >= 0.3 is 24.2 Å². The van der Waals surface area contributed by atoms with E-state index >= 15 is 0 Å². The number of esters is 2. The number of ether oxygens (including phenoxy) is 10. The molecule has 0 bridgehead atoms. The first kappa shape index (κ1) is 62.8. The van der Waals surface area contributed by atoms with Crippen LogP contribution in [0.5, 0.6) is 23.0 Å². The molecule has 3 aliphatic heterocycles. The monoisotopic (exact) mass is 1210 g/mol. The quantitative estimate of drug-likeness (QED) is 0.106. The first-order chi connectivity index (χ1) is 42.9. The summed E-state index contributed by atoms with van der Waals surface area (Å²) in [7, 11) is 2.94. The van der Waals surface area contributed by atoms with Gasteiger partial charge in [-0.1, -0.05) is 109 Å². The lowest BCUT2D eigenvalue weighted by Gasteiger charge is -2.26. The second kappa shape index (κ2) is 27.8. The summed E-state index contributed by atoms with van der Waals surface area (Å²) < 4.78 is 56.7. The van der Waals surface area contributed by atoms with Crippen molar-refractivity contribution in [2.75, 3.05) is 27.4 Å². The first-order valence-electron chi connectivity index (χ1n) is 29.9. The third-order valence-corrected chi connectivity index (χ3v) is 16.4. The summed E-state index contributed by atoms with van der Waals surface area (Å²) in [5.41, 5.74) is 9.37. The highest BCUT2D eigenvalue weighted by molar-refractivity contribution is 5.97. The maximum Gasteiger partial charge on any atom is 0.509 e. The summed E-state index contributed by atoms with van der Waals surface area (Å²) in [6, 6.07) is 37.7. The Labute approximate surface area is 516 Å². The van der Waals surface area contributed by atoms with Gasteiger partial charge in [0.1, 0.15) is 71.8 Å². The van der Waals surface area contributed by atoms with Crippen LogP contribution in [0.15, 0.2) is 146 Å². The van der Waals surface area contributed by atoms with E-state index in [4.69, 9.17) is 47.4 Å². The summed E-state index contributed by atoms with van der Waals surface area (Å²) in [4.78, 5) is 80.0. The van der Waals surface area contributed by atoms with Gasteiger partial charge in [-0.25, -0.2) is 19.2 Å². The first-order valence-corrected chi connectivity index (χ1v) is 29.9. The van der Waals surface area contributed by atoms with Crippen LogP contribution in [0.2, 0.25) is 0 Å². The van der Waals surface area contributed by atoms with Crippen molar-refractivity contribution >= 4 is 35.8 Å². The Morgan fingerprint density at radius 1 is 0.551 bits per heavy atom.